The molecule has 2 fully saturated rings. The molecule has 0 aliphatic carbocycles. The molecule has 2 aromatic carbocycles. The molecule has 6 heteroatoms. The molecule has 32 heavy (non-hydrogen) atoms. The summed E-state index contributed by atoms with van der Waals surface area (Å²) in [5, 5.41) is 3.44. The van der Waals surface area contributed by atoms with Crippen molar-refractivity contribution in [1.82, 2.24) is 5.32 Å². The Labute approximate surface area is 189 Å². The molecular formula is C26H32FN2O3+. The topological polar surface area (TPSA) is 55.4 Å². The molecule has 170 valence electrons. The van der Waals surface area contributed by atoms with Gasteiger partial charge in [0.25, 0.3) is 0 Å². The van der Waals surface area contributed by atoms with Gasteiger partial charge in [-0.15, -0.1) is 0 Å². The summed E-state index contributed by atoms with van der Waals surface area (Å²) in [6.45, 7) is 4.21. The maximum atomic E-state index is 14.3. The largest absolute Gasteiger partial charge is 0.379 e. The van der Waals surface area contributed by atoms with Crippen molar-refractivity contribution in [3.05, 3.63) is 71.0 Å². The third-order valence-electron chi connectivity index (χ3n) is 7.57. The Morgan fingerprint density at radius 3 is 2.66 bits per heavy atom. The van der Waals surface area contributed by atoms with Gasteiger partial charge in [-0.05, 0) is 25.0 Å². The predicted molar refractivity (Wildman–Crippen MR) is 121 cm³/mol. The molecule has 2 aromatic rings. The number of quaternary nitrogens is 1. The Morgan fingerprint density at radius 2 is 1.94 bits per heavy atom. The quantitative estimate of drug-likeness (QED) is 0.387. The SMILES string of the molecule is COCC[N@@+]1(C=O)[C@@H](c2cccc(F)c2C)C[C@H]1[C@H]1CNC[C@H](C(=O)c2ccccc2)C1. The van der Waals surface area contributed by atoms with Crippen LogP contribution in [0.25, 0.3) is 0 Å². The van der Waals surface area contributed by atoms with Gasteiger partial charge >= 0.3 is 6.41 Å². The number of ether oxygens (including phenoxy) is 1. The standard InChI is InChI=1S/C26H32FN2O3/c1-18-22(9-6-10-23(18)27)25-14-24(29(25,17-30)11-12-32-2)20-13-21(16-28-15-20)26(31)19-7-4-3-5-8-19/h3-10,17,20-21,24-25,28H,11-16H2,1-2H3/q+1/t20-,21-,24+,25-,29+/m1/s1. The van der Waals surface area contributed by atoms with Gasteiger partial charge in [0.15, 0.2) is 5.78 Å². The normalized spacial score (nSPS) is 29.8. The number of carbonyl (C=O) groups is 2. The molecule has 1 amide bonds. The van der Waals surface area contributed by atoms with Gasteiger partial charge in [0.1, 0.15) is 24.4 Å². The number of halogens is 1. The monoisotopic (exact) mass is 439 g/mol. The van der Waals surface area contributed by atoms with Crippen molar-refractivity contribution >= 4 is 12.2 Å². The third-order valence-corrected chi connectivity index (χ3v) is 7.57. The van der Waals surface area contributed by atoms with Crippen LogP contribution in [0.5, 0.6) is 0 Å². The molecular weight excluding hydrogens is 407 g/mol. The van der Waals surface area contributed by atoms with Crippen LogP contribution in [-0.2, 0) is 9.53 Å². The van der Waals surface area contributed by atoms with Crippen LogP contribution in [0.4, 0.5) is 4.39 Å². The highest BCUT2D eigenvalue weighted by atomic mass is 19.1. The van der Waals surface area contributed by atoms with Crippen molar-refractivity contribution in [3.8, 4) is 0 Å². The van der Waals surface area contributed by atoms with Crippen LogP contribution in [0, 0.1) is 24.6 Å². The van der Waals surface area contributed by atoms with Crippen LogP contribution < -0.4 is 5.32 Å². The number of hydrogen-bond donors (Lipinski definition) is 1. The molecule has 2 aliphatic rings. The number of hydrogen-bond acceptors (Lipinski definition) is 4. The van der Waals surface area contributed by atoms with Gasteiger partial charge in [-0.25, -0.2) is 9.18 Å². The third kappa shape index (κ3) is 4.03. The van der Waals surface area contributed by atoms with E-state index in [9.17, 15) is 14.0 Å². The van der Waals surface area contributed by atoms with Crippen molar-refractivity contribution in [2.45, 2.75) is 31.8 Å². The lowest BCUT2D eigenvalue weighted by atomic mass is 9.71. The van der Waals surface area contributed by atoms with Crippen molar-refractivity contribution in [2.24, 2.45) is 11.8 Å². The number of carbonyl (C=O) groups excluding carboxylic acids is 2. The first-order valence-corrected chi connectivity index (χ1v) is 11.4. The van der Waals surface area contributed by atoms with E-state index >= 15 is 0 Å². The second-order valence-electron chi connectivity index (χ2n) is 9.17. The molecule has 2 aliphatic heterocycles. The van der Waals surface area contributed by atoms with Gasteiger partial charge in [0, 0.05) is 43.2 Å². The van der Waals surface area contributed by atoms with Crippen LogP contribution in [-0.4, -0.2) is 56.1 Å². The first-order valence-electron chi connectivity index (χ1n) is 11.4. The Bertz CT molecular complexity index is 967. The number of amides is 1. The molecule has 4 rings (SSSR count). The number of methoxy groups -OCH3 is 1. The fourth-order valence-electron chi connectivity index (χ4n) is 5.75. The van der Waals surface area contributed by atoms with E-state index in [1.807, 2.05) is 36.4 Å². The summed E-state index contributed by atoms with van der Waals surface area (Å²) in [6, 6.07) is 14.5. The molecule has 0 bridgehead atoms. The second kappa shape index (κ2) is 9.61. The van der Waals surface area contributed by atoms with Crippen LogP contribution in [0.15, 0.2) is 48.5 Å². The maximum Gasteiger partial charge on any atom is 0.302 e. The van der Waals surface area contributed by atoms with Gasteiger partial charge in [-0.2, -0.15) is 0 Å². The predicted octanol–water partition coefficient (Wildman–Crippen LogP) is 3.68. The average molecular weight is 440 g/mol. The summed E-state index contributed by atoms with van der Waals surface area (Å²) < 4.78 is 19.9. The van der Waals surface area contributed by atoms with Gasteiger partial charge < -0.3 is 10.1 Å². The van der Waals surface area contributed by atoms with E-state index in [1.54, 1.807) is 20.1 Å². The molecule has 2 heterocycles. The number of nitrogens with one attached hydrogen (secondary N) is 1. The minimum absolute atomic E-state index is 0.0780. The van der Waals surface area contributed by atoms with Crippen LogP contribution in [0.3, 0.4) is 0 Å². The van der Waals surface area contributed by atoms with Gasteiger partial charge in [-0.3, -0.25) is 9.28 Å². The zero-order valence-electron chi connectivity index (χ0n) is 18.8. The minimum atomic E-state index is -0.241. The fraction of sp³-hybridized carbons (Fsp3) is 0.462. The second-order valence-corrected chi connectivity index (χ2v) is 9.17. The molecule has 5 nitrogen and oxygen atoms in total. The lowest BCUT2D eigenvalue weighted by Gasteiger charge is -2.57. The lowest BCUT2D eigenvalue weighted by Crippen LogP contribution is -2.70. The number of likely N-dealkylation sites (tertiary alicyclic amines) is 1. The zero-order valence-corrected chi connectivity index (χ0v) is 18.8. The summed E-state index contributed by atoms with van der Waals surface area (Å²) in [7, 11) is 1.63. The number of ketones is 1. The van der Waals surface area contributed by atoms with Gasteiger partial charge in [0.2, 0.25) is 0 Å². The molecule has 2 saturated heterocycles. The summed E-state index contributed by atoms with van der Waals surface area (Å²) in [4.78, 5) is 25.7. The van der Waals surface area contributed by atoms with Crippen molar-refractivity contribution < 1.29 is 23.2 Å². The Hall–Kier alpha value is -2.41. The van der Waals surface area contributed by atoms with Crippen LogP contribution in [0.1, 0.15) is 40.4 Å². The molecule has 0 aromatic heterocycles. The average Bonchev–Trinajstić information content (AvgIpc) is 2.82. The van der Waals surface area contributed by atoms with Gasteiger partial charge in [-0.1, -0.05) is 42.5 Å². The van der Waals surface area contributed by atoms with Crippen LogP contribution in [0.2, 0.25) is 0 Å². The van der Waals surface area contributed by atoms with Crippen LogP contribution >= 0.6 is 0 Å². The Kier molecular flexibility index (Phi) is 6.84. The number of rotatable bonds is 8. The van der Waals surface area contributed by atoms with Crippen molar-refractivity contribution in [3.63, 3.8) is 0 Å². The highest BCUT2D eigenvalue weighted by Crippen LogP contribution is 2.50. The molecule has 0 radical (unpaired) electrons. The molecule has 0 spiro atoms. The van der Waals surface area contributed by atoms with E-state index < -0.39 is 0 Å². The molecule has 1 N–H and O–H groups in total. The number of benzene rings is 2. The maximum absolute atomic E-state index is 14.3. The Balaban J connectivity index is 1.58. The van der Waals surface area contributed by atoms with Crippen molar-refractivity contribution in [1.29, 1.82) is 0 Å². The summed E-state index contributed by atoms with van der Waals surface area (Å²) in [5.41, 5.74) is 2.24. The number of nitrogens with zero attached hydrogens (tertiary/aromatic N) is 1. The fourth-order valence-corrected chi connectivity index (χ4v) is 5.75. The Morgan fingerprint density at radius 1 is 1.16 bits per heavy atom. The summed E-state index contributed by atoms with van der Waals surface area (Å²) >= 11 is 0. The van der Waals surface area contributed by atoms with E-state index in [2.05, 4.69) is 5.32 Å². The van der Waals surface area contributed by atoms with E-state index in [4.69, 9.17) is 4.74 Å². The van der Waals surface area contributed by atoms with E-state index in [1.165, 1.54) is 6.07 Å². The smallest absolute Gasteiger partial charge is 0.302 e. The van der Waals surface area contributed by atoms with E-state index in [-0.39, 0.29) is 40.0 Å². The van der Waals surface area contributed by atoms with E-state index in [0.717, 1.165) is 36.9 Å². The first kappa shape index (κ1) is 22.8. The number of Topliss-reactive ketones (excluding diaryl/α,β-unsaturated/α-hetero) is 1. The summed E-state index contributed by atoms with van der Waals surface area (Å²) in [6.07, 6.45) is 2.58. The number of piperidine rings is 1. The molecule has 0 unspecified atom stereocenters. The zero-order chi connectivity index (χ0) is 22.7. The first-order chi connectivity index (χ1) is 15.5. The molecule has 5 atom stereocenters. The lowest BCUT2D eigenvalue weighted by molar-refractivity contribution is -0.951. The summed E-state index contributed by atoms with van der Waals surface area (Å²) in [5.74, 6) is -0.00837. The van der Waals surface area contributed by atoms with Gasteiger partial charge in [0.05, 0.1) is 13.0 Å². The van der Waals surface area contributed by atoms with E-state index in [0.29, 0.717) is 25.3 Å². The highest BCUT2D eigenvalue weighted by Gasteiger charge is 2.59. The van der Waals surface area contributed by atoms with Crippen molar-refractivity contribution in [2.75, 3.05) is 33.4 Å². The molecule has 0 saturated carbocycles. The minimum Gasteiger partial charge on any atom is -0.379 e. The highest BCUT2D eigenvalue weighted by molar-refractivity contribution is 5.98.